The van der Waals surface area contributed by atoms with Crippen LogP contribution in [0.1, 0.15) is 69.9 Å². The van der Waals surface area contributed by atoms with Crippen LogP contribution >= 0.6 is 0 Å². The Bertz CT molecular complexity index is 916. The number of aliphatic carboxylic acids is 1. The lowest BCUT2D eigenvalue weighted by Crippen LogP contribution is -2.47. The van der Waals surface area contributed by atoms with Gasteiger partial charge in [-0.25, -0.2) is 9.78 Å². The van der Waals surface area contributed by atoms with Crippen molar-refractivity contribution in [3.8, 4) is 11.5 Å². The minimum Gasteiger partial charge on any atom is -0.480 e. The fourth-order valence-corrected chi connectivity index (χ4v) is 4.59. The maximum absolute atomic E-state index is 12.7. The van der Waals surface area contributed by atoms with Crippen molar-refractivity contribution in [1.82, 2.24) is 10.3 Å². The molecule has 1 aliphatic carbocycles. The van der Waals surface area contributed by atoms with Crippen LogP contribution in [0.25, 0.3) is 11.5 Å². The number of aromatic nitrogens is 1. The quantitative estimate of drug-likeness (QED) is 0.561. The second-order valence-electron chi connectivity index (χ2n) is 9.45. The van der Waals surface area contributed by atoms with Crippen LogP contribution in [0.3, 0.4) is 0 Å². The topological polar surface area (TPSA) is 92.4 Å². The van der Waals surface area contributed by atoms with Crippen LogP contribution in [0.4, 0.5) is 0 Å². The summed E-state index contributed by atoms with van der Waals surface area (Å²) in [4.78, 5) is 28.9. The zero-order valence-electron chi connectivity index (χ0n) is 19.7. The fraction of sp³-hybridized carbons (Fsp3) is 0.577. The summed E-state index contributed by atoms with van der Waals surface area (Å²) in [7, 11) is 0. The highest BCUT2D eigenvalue weighted by atomic mass is 16.4. The number of nitrogens with one attached hydrogen (secondary N) is 1. The molecule has 1 aromatic carbocycles. The summed E-state index contributed by atoms with van der Waals surface area (Å²) >= 11 is 0. The molecule has 174 valence electrons. The zero-order valence-corrected chi connectivity index (χ0v) is 19.7. The molecule has 1 heterocycles. The SMILES string of the molecule is CCc1oc(-c2ccc(C)cc2)nc1CCC1CCCC(C(=O)N[C@H](C(=O)O)C(C)C)C1. The van der Waals surface area contributed by atoms with Crippen molar-refractivity contribution < 1.29 is 19.1 Å². The van der Waals surface area contributed by atoms with Crippen molar-refractivity contribution in [2.45, 2.75) is 78.7 Å². The van der Waals surface area contributed by atoms with Crippen LogP contribution < -0.4 is 5.32 Å². The lowest BCUT2D eigenvalue weighted by atomic mass is 9.78. The van der Waals surface area contributed by atoms with E-state index in [0.717, 1.165) is 62.0 Å². The Balaban J connectivity index is 1.60. The Morgan fingerprint density at radius 2 is 1.94 bits per heavy atom. The van der Waals surface area contributed by atoms with Crippen LogP contribution in [0.5, 0.6) is 0 Å². The van der Waals surface area contributed by atoms with Crippen LogP contribution in [0.15, 0.2) is 28.7 Å². The number of amides is 1. The number of rotatable bonds is 9. The third kappa shape index (κ3) is 5.99. The molecule has 2 unspecified atom stereocenters. The predicted molar refractivity (Wildman–Crippen MR) is 124 cm³/mol. The van der Waals surface area contributed by atoms with Crippen molar-refractivity contribution >= 4 is 11.9 Å². The highest BCUT2D eigenvalue weighted by Gasteiger charge is 2.31. The molecular weight excluding hydrogens is 404 g/mol. The van der Waals surface area contributed by atoms with E-state index < -0.39 is 12.0 Å². The van der Waals surface area contributed by atoms with Gasteiger partial charge in [0.25, 0.3) is 0 Å². The second kappa shape index (κ2) is 10.8. The molecule has 6 heteroatoms. The molecule has 3 rings (SSSR count). The molecule has 6 nitrogen and oxygen atoms in total. The summed E-state index contributed by atoms with van der Waals surface area (Å²) in [5.41, 5.74) is 3.21. The molecule has 0 aliphatic heterocycles. The molecule has 1 aromatic heterocycles. The van der Waals surface area contributed by atoms with E-state index in [1.54, 1.807) is 0 Å². The average molecular weight is 441 g/mol. The van der Waals surface area contributed by atoms with Crippen molar-refractivity contribution in [1.29, 1.82) is 0 Å². The first kappa shape index (κ1) is 24.0. The molecule has 0 bridgehead atoms. The first-order chi connectivity index (χ1) is 15.3. The number of benzene rings is 1. The third-order valence-corrected chi connectivity index (χ3v) is 6.57. The number of carboxylic acids is 1. The summed E-state index contributed by atoms with van der Waals surface area (Å²) in [6, 6.07) is 7.37. The number of oxazole rings is 1. The van der Waals surface area contributed by atoms with E-state index >= 15 is 0 Å². The van der Waals surface area contributed by atoms with Gasteiger partial charge in [0.05, 0.1) is 5.69 Å². The van der Waals surface area contributed by atoms with Gasteiger partial charge in [-0.2, -0.15) is 0 Å². The number of hydrogen-bond acceptors (Lipinski definition) is 4. The Morgan fingerprint density at radius 1 is 1.22 bits per heavy atom. The minimum atomic E-state index is -0.969. The average Bonchev–Trinajstić information content (AvgIpc) is 3.19. The van der Waals surface area contributed by atoms with Gasteiger partial charge in [0, 0.05) is 17.9 Å². The number of aryl methyl sites for hydroxylation is 3. The van der Waals surface area contributed by atoms with Gasteiger partial charge in [-0.05, 0) is 56.6 Å². The lowest BCUT2D eigenvalue weighted by Gasteiger charge is -2.29. The van der Waals surface area contributed by atoms with Gasteiger partial charge in [-0.1, -0.05) is 51.3 Å². The molecule has 2 N–H and O–H groups in total. The van der Waals surface area contributed by atoms with E-state index in [4.69, 9.17) is 9.40 Å². The third-order valence-electron chi connectivity index (χ3n) is 6.57. The van der Waals surface area contributed by atoms with E-state index in [2.05, 4.69) is 31.3 Å². The van der Waals surface area contributed by atoms with Crippen molar-refractivity contribution in [2.75, 3.05) is 0 Å². The monoisotopic (exact) mass is 440 g/mol. The molecule has 2 aromatic rings. The van der Waals surface area contributed by atoms with Gasteiger partial charge in [0.1, 0.15) is 11.8 Å². The predicted octanol–water partition coefficient (Wildman–Crippen LogP) is 5.18. The number of hydrogen-bond donors (Lipinski definition) is 2. The highest BCUT2D eigenvalue weighted by Crippen LogP contribution is 2.33. The first-order valence-corrected chi connectivity index (χ1v) is 11.9. The van der Waals surface area contributed by atoms with Crippen molar-refractivity contribution in [2.24, 2.45) is 17.8 Å². The smallest absolute Gasteiger partial charge is 0.326 e. The van der Waals surface area contributed by atoms with E-state index in [-0.39, 0.29) is 17.7 Å². The molecule has 0 radical (unpaired) electrons. The lowest BCUT2D eigenvalue weighted by molar-refractivity contribution is -0.144. The molecule has 3 atom stereocenters. The van der Waals surface area contributed by atoms with Gasteiger partial charge in [0.15, 0.2) is 0 Å². The molecular formula is C26H36N2O4. The van der Waals surface area contributed by atoms with E-state index in [0.29, 0.717) is 11.8 Å². The maximum atomic E-state index is 12.7. The Labute approximate surface area is 190 Å². The van der Waals surface area contributed by atoms with Crippen LogP contribution in [-0.2, 0) is 22.4 Å². The van der Waals surface area contributed by atoms with Gasteiger partial charge in [-0.15, -0.1) is 0 Å². The van der Waals surface area contributed by atoms with Gasteiger partial charge in [-0.3, -0.25) is 4.79 Å². The molecule has 32 heavy (non-hydrogen) atoms. The maximum Gasteiger partial charge on any atom is 0.326 e. The van der Waals surface area contributed by atoms with Crippen molar-refractivity contribution in [3.63, 3.8) is 0 Å². The summed E-state index contributed by atoms with van der Waals surface area (Å²) in [6.07, 6.45) is 6.33. The van der Waals surface area contributed by atoms with E-state index in [1.165, 1.54) is 5.56 Å². The number of nitrogens with zero attached hydrogens (tertiary/aromatic N) is 1. The number of carbonyl (C=O) groups excluding carboxylic acids is 1. The second-order valence-corrected chi connectivity index (χ2v) is 9.45. The first-order valence-electron chi connectivity index (χ1n) is 11.9. The summed E-state index contributed by atoms with van der Waals surface area (Å²) in [6.45, 7) is 7.77. The Morgan fingerprint density at radius 3 is 2.56 bits per heavy atom. The molecule has 0 spiro atoms. The summed E-state index contributed by atoms with van der Waals surface area (Å²) in [5.74, 6) is 0.707. The number of carboxylic acid groups (broad SMARTS) is 1. The standard InChI is InChI=1S/C26H36N2O4/c1-5-22-21(27-25(32-22)19-12-9-17(4)10-13-19)14-11-18-7-6-8-20(15-18)24(29)28-23(16(2)3)26(30)31/h9-10,12-13,16,18,20,23H,5-8,11,14-15H2,1-4H3,(H,28,29)(H,30,31)/t18?,20?,23-/m0/s1. The van der Waals surface area contributed by atoms with Gasteiger partial charge in [0.2, 0.25) is 11.8 Å². The van der Waals surface area contributed by atoms with Gasteiger partial charge >= 0.3 is 5.97 Å². The van der Waals surface area contributed by atoms with Crippen LogP contribution in [0, 0.1) is 24.7 Å². The van der Waals surface area contributed by atoms with E-state index in [9.17, 15) is 14.7 Å². The normalized spacial score (nSPS) is 19.7. The van der Waals surface area contributed by atoms with Gasteiger partial charge < -0.3 is 14.8 Å². The fourth-order valence-electron chi connectivity index (χ4n) is 4.59. The highest BCUT2D eigenvalue weighted by molar-refractivity contribution is 5.85. The molecule has 1 amide bonds. The minimum absolute atomic E-state index is 0.111. The zero-order chi connectivity index (χ0) is 23.3. The Kier molecular flexibility index (Phi) is 8.10. The van der Waals surface area contributed by atoms with E-state index in [1.807, 2.05) is 26.0 Å². The van der Waals surface area contributed by atoms with Crippen LogP contribution in [-0.4, -0.2) is 28.0 Å². The Hall–Kier alpha value is -2.63. The summed E-state index contributed by atoms with van der Waals surface area (Å²) in [5, 5.41) is 12.1. The van der Waals surface area contributed by atoms with Crippen molar-refractivity contribution in [3.05, 3.63) is 41.3 Å². The molecule has 1 fully saturated rings. The number of carbonyl (C=O) groups is 2. The summed E-state index contributed by atoms with van der Waals surface area (Å²) < 4.78 is 6.05. The molecule has 0 saturated heterocycles. The molecule has 1 saturated carbocycles. The van der Waals surface area contributed by atoms with Crippen LogP contribution in [0.2, 0.25) is 0 Å². The largest absolute Gasteiger partial charge is 0.480 e. The molecule has 1 aliphatic rings.